The molecule has 0 aliphatic heterocycles. The van der Waals surface area contributed by atoms with E-state index in [-0.39, 0.29) is 0 Å². The highest BCUT2D eigenvalue weighted by Crippen LogP contribution is 2.08. The van der Waals surface area contributed by atoms with E-state index in [2.05, 4.69) is 6.92 Å². The third-order valence-electron chi connectivity index (χ3n) is 2.42. The smallest absolute Gasteiger partial charge is 0.0310 e. The van der Waals surface area contributed by atoms with Crippen molar-refractivity contribution in [2.24, 2.45) is 0 Å². The Kier molecular flexibility index (Phi) is 10.0. The van der Waals surface area contributed by atoms with Gasteiger partial charge in [-0.25, -0.2) is 0 Å². The van der Waals surface area contributed by atoms with E-state index in [1.165, 1.54) is 44.9 Å². The molecule has 0 aliphatic rings. The van der Waals surface area contributed by atoms with Gasteiger partial charge in [0.15, 0.2) is 0 Å². The van der Waals surface area contributed by atoms with Crippen LogP contribution in [-0.4, -0.2) is 5.71 Å². The highest BCUT2D eigenvalue weighted by atomic mass is 14.4. The molecule has 82 valence electrons. The molecule has 0 amide bonds. The SMILES string of the molecule is C/C=C/C(=N)CCCCCCCCC. The molecule has 0 atom stereocenters. The quantitative estimate of drug-likeness (QED) is 0.406. The highest BCUT2D eigenvalue weighted by molar-refractivity contribution is 5.91. The Morgan fingerprint density at radius 2 is 1.57 bits per heavy atom. The summed E-state index contributed by atoms with van der Waals surface area (Å²) in [6, 6.07) is 0. The van der Waals surface area contributed by atoms with E-state index >= 15 is 0 Å². The van der Waals surface area contributed by atoms with Crippen molar-refractivity contribution in [1.82, 2.24) is 0 Å². The first-order valence-electron chi connectivity index (χ1n) is 6.01. The maximum Gasteiger partial charge on any atom is 0.0310 e. The number of hydrogen-bond acceptors (Lipinski definition) is 1. The van der Waals surface area contributed by atoms with Gasteiger partial charge in [-0.15, -0.1) is 0 Å². The Balaban J connectivity index is 3.09. The Bertz CT molecular complexity index is 159. The van der Waals surface area contributed by atoms with Crippen LogP contribution in [0.4, 0.5) is 0 Å². The minimum absolute atomic E-state index is 0.779. The average molecular weight is 195 g/mol. The van der Waals surface area contributed by atoms with Crippen molar-refractivity contribution in [3.8, 4) is 0 Å². The molecule has 1 N–H and O–H groups in total. The fourth-order valence-electron chi connectivity index (χ4n) is 1.56. The normalized spacial score (nSPS) is 11.0. The van der Waals surface area contributed by atoms with Crippen LogP contribution in [0.15, 0.2) is 12.2 Å². The lowest BCUT2D eigenvalue weighted by molar-refractivity contribution is 0.595. The van der Waals surface area contributed by atoms with Gasteiger partial charge in [0.2, 0.25) is 0 Å². The van der Waals surface area contributed by atoms with Gasteiger partial charge in [0.1, 0.15) is 0 Å². The van der Waals surface area contributed by atoms with Gasteiger partial charge in [-0.3, -0.25) is 0 Å². The average Bonchev–Trinajstić information content (AvgIpc) is 2.17. The summed E-state index contributed by atoms with van der Waals surface area (Å²) in [6.45, 7) is 4.22. The number of nitrogens with one attached hydrogen (secondary N) is 1. The molecule has 0 fully saturated rings. The van der Waals surface area contributed by atoms with Crippen LogP contribution in [0.1, 0.15) is 65.2 Å². The molecule has 0 heterocycles. The van der Waals surface area contributed by atoms with Crippen LogP contribution in [-0.2, 0) is 0 Å². The first-order chi connectivity index (χ1) is 6.81. The van der Waals surface area contributed by atoms with Gasteiger partial charge < -0.3 is 5.41 Å². The standard InChI is InChI=1S/C13H25N/c1-3-5-6-7-8-9-10-12-13(14)11-4-2/h4,11,14H,3,5-10,12H2,1-2H3/b11-4+,14-13?. The van der Waals surface area contributed by atoms with Gasteiger partial charge in [0, 0.05) is 5.71 Å². The van der Waals surface area contributed by atoms with E-state index < -0.39 is 0 Å². The molecule has 0 aromatic rings. The van der Waals surface area contributed by atoms with E-state index in [9.17, 15) is 0 Å². The third kappa shape index (κ3) is 9.50. The molecule has 0 unspecified atom stereocenters. The van der Waals surface area contributed by atoms with Gasteiger partial charge in [0.25, 0.3) is 0 Å². The largest absolute Gasteiger partial charge is 0.305 e. The highest BCUT2D eigenvalue weighted by Gasteiger charge is 1.93. The Morgan fingerprint density at radius 1 is 1.00 bits per heavy atom. The van der Waals surface area contributed by atoms with Crippen LogP contribution in [0.3, 0.4) is 0 Å². The second-order valence-electron chi connectivity index (χ2n) is 3.90. The minimum Gasteiger partial charge on any atom is -0.305 e. The summed E-state index contributed by atoms with van der Waals surface area (Å²) in [7, 11) is 0. The number of hydrogen-bond donors (Lipinski definition) is 1. The molecule has 0 radical (unpaired) electrons. The lowest BCUT2D eigenvalue weighted by Crippen LogP contribution is -1.90. The molecule has 1 nitrogen and oxygen atoms in total. The summed E-state index contributed by atoms with van der Waals surface area (Å²) in [6.07, 6.45) is 14.1. The molecule has 14 heavy (non-hydrogen) atoms. The minimum atomic E-state index is 0.779. The van der Waals surface area contributed by atoms with Crippen LogP contribution in [0, 0.1) is 5.41 Å². The Morgan fingerprint density at radius 3 is 2.14 bits per heavy atom. The second kappa shape index (κ2) is 10.5. The first-order valence-corrected chi connectivity index (χ1v) is 6.01. The molecule has 1 heteroatoms. The molecule has 0 spiro atoms. The zero-order chi connectivity index (χ0) is 10.6. The van der Waals surface area contributed by atoms with Crippen molar-refractivity contribution in [3.63, 3.8) is 0 Å². The summed E-state index contributed by atoms with van der Waals surface area (Å²) in [5.41, 5.74) is 0.779. The van der Waals surface area contributed by atoms with Crippen molar-refractivity contribution < 1.29 is 0 Å². The van der Waals surface area contributed by atoms with Crippen LogP contribution < -0.4 is 0 Å². The van der Waals surface area contributed by atoms with Crippen molar-refractivity contribution in [2.75, 3.05) is 0 Å². The van der Waals surface area contributed by atoms with Crippen LogP contribution in [0.25, 0.3) is 0 Å². The lowest BCUT2D eigenvalue weighted by atomic mass is 10.1. The van der Waals surface area contributed by atoms with Gasteiger partial charge in [0.05, 0.1) is 0 Å². The summed E-state index contributed by atoms with van der Waals surface area (Å²) in [5, 5.41) is 7.55. The fourth-order valence-corrected chi connectivity index (χ4v) is 1.56. The first kappa shape index (κ1) is 13.4. The van der Waals surface area contributed by atoms with Gasteiger partial charge in [-0.2, -0.15) is 0 Å². The molecule has 0 rings (SSSR count). The molecule has 0 bridgehead atoms. The zero-order valence-corrected chi connectivity index (χ0v) is 9.81. The maximum absolute atomic E-state index is 7.55. The van der Waals surface area contributed by atoms with E-state index in [1.807, 2.05) is 19.1 Å². The maximum atomic E-state index is 7.55. The predicted octanol–water partition coefficient (Wildman–Crippen LogP) is 4.72. The topological polar surface area (TPSA) is 23.9 Å². The Hall–Kier alpha value is -0.590. The second-order valence-corrected chi connectivity index (χ2v) is 3.90. The molecule has 0 saturated carbocycles. The summed E-state index contributed by atoms with van der Waals surface area (Å²) < 4.78 is 0. The van der Waals surface area contributed by atoms with Crippen molar-refractivity contribution in [3.05, 3.63) is 12.2 Å². The summed E-state index contributed by atoms with van der Waals surface area (Å²) in [5.74, 6) is 0. The van der Waals surface area contributed by atoms with E-state index in [0.717, 1.165) is 12.1 Å². The van der Waals surface area contributed by atoms with Gasteiger partial charge in [-0.1, -0.05) is 51.5 Å². The third-order valence-corrected chi connectivity index (χ3v) is 2.42. The summed E-state index contributed by atoms with van der Waals surface area (Å²) in [4.78, 5) is 0. The molecular formula is C13H25N. The van der Waals surface area contributed by atoms with E-state index in [4.69, 9.17) is 5.41 Å². The van der Waals surface area contributed by atoms with Gasteiger partial charge in [-0.05, 0) is 25.8 Å². The molecular weight excluding hydrogens is 170 g/mol. The lowest BCUT2D eigenvalue weighted by Gasteiger charge is -2.00. The monoisotopic (exact) mass is 195 g/mol. The molecule has 0 aliphatic carbocycles. The van der Waals surface area contributed by atoms with E-state index in [0.29, 0.717) is 0 Å². The molecule has 0 saturated heterocycles. The van der Waals surface area contributed by atoms with Crippen molar-refractivity contribution in [2.45, 2.75) is 65.2 Å². The molecule has 0 aromatic heterocycles. The van der Waals surface area contributed by atoms with Crippen LogP contribution in [0.5, 0.6) is 0 Å². The van der Waals surface area contributed by atoms with Crippen molar-refractivity contribution >= 4 is 5.71 Å². The predicted molar refractivity (Wildman–Crippen MR) is 65.2 cm³/mol. The van der Waals surface area contributed by atoms with Crippen LogP contribution in [0.2, 0.25) is 0 Å². The number of unbranched alkanes of at least 4 members (excludes halogenated alkanes) is 6. The fraction of sp³-hybridized carbons (Fsp3) is 0.769. The van der Waals surface area contributed by atoms with E-state index in [1.54, 1.807) is 0 Å². The molecule has 0 aromatic carbocycles. The number of allylic oxidation sites excluding steroid dienone is 2. The zero-order valence-electron chi connectivity index (χ0n) is 9.81. The Labute approximate surface area is 89.1 Å². The summed E-state index contributed by atoms with van der Waals surface area (Å²) >= 11 is 0. The van der Waals surface area contributed by atoms with Crippen molar-refractivity contribution in [1.29, 1.82) is 5.41 Å². The number of rotatable bonds is 9. The van der Waals surface area contributed by atoms with Crippen LogP contribution >= 0.6 is 0 Å². The van der Waals surface area contributed by atoms with Gasteiger partial charge >= 0.3 is 0 Å².